The lowest BCUT2D eigenvalue weighted by Gasteiger charge is -2.41. The first-order valence-electron chi connectivity index (χ1n) is 7.98. The van der Waals surface area contributed by atoms with Crippen molar-refractivity contribution in [2.75, 3.05) is 33.2 Å². The lowest BCUT2D eigenvalue weighted by molar-refractivity contribution is -0.000988. The van der Waals surface area contributed by atoms with E-state index in [1.807, 2.05) is 0 Å². The molecule has 0 aromatic carbocycles. The Bertz CT molecular complexity index is 292. The molecule has 112 valence electrons. The van der Waals surface area contributed by atoms with Crippen LogP contribution >= 0.6 is 0 Å². The smallest absolute Gasteiger partial charge is 0.0581 e. The fourth-order valence-electron chi connectivity index (χ4n) is 3.90. The molecular formula is C16H32N2O. The molecule has 0 aromatic heterocycles. The Morgan fingerprint density at radius 1 is 1.26 bits per heavy atom. The zero-order chi connectivity index (χ0) is 14.0. The van der Waals surface area contributed by atoms with Crippen molar-refractivity contribution in [2.45, 2.75) is 58.6 Å². The number of hydrogen-bond acceptors (Lipinski definition) is 3. The number of rotatable bonds is 2. The third-order valence-electron chi connectivity index (χ3n) is 5.13. The van der Waals surface area contributed by atoms with E-state index in [2.05, 4.69) is 37.6 Å². The molecule has 2 rings (SSSR count). The molecule has 0 bridgehead atoms. The van der Waals surface area contributed by atoms with Gasteiger partial charge in [-0.15, -0.1) is 0 Å². The van der Waals surface area contributed by atoms with E-state index in [1.54, 1.807) is 0 Å². The number of aliphatic hydroxyl groups excluding tert-OH is 1. The van der Waals surface area contributed by atoms with Crippen LogP contribution in [0.5, 0.6) is 0 Å². The molecular weight excluding hydrogens is 236 g/mol. The first kappa shape index (κ1) is 15.3. The minimum atomic E-state index is -0.0822. The Morgan fingerprint density at radius 2 is 2.00 bits per heavy atom. The first-order valence-corrected chi connectivity index (χ1v) is 7.98. The van der Waals surface area contributed by atoms with E-state index in [1.165, 1.54) is 32.4 Å². The van der Waals surface area contributed by atoms with Crippen LogP contribution in [0.15, 0.2) is 0 Å². The van der Waals surface area contributed by atoms with Crippen LogP contribution in [-0.2, 0) is 0 Å². The van der Waals surface area contributed by atoms with E-state index >= 15 is 0 Å². The highest BCUT2D eigenvalue weighted by Crippen LogP contribution is 2.39. The van der Waals surface area contributed by atoms with Crippen LogP contribution in [0.25, 0.3) is 0 Å². The zero-order valence-electron chi connectivity index (χ0n) is 13.2. The third-order valence-corrected chi connectivity index (χ3v) is 5.13. The minimum absolute atomic E-state index is 0.0822. The molecule has 0 amide bonds. The van der Waals surface area contributed by atoms with Crippen LogP contribution in [0.4, 0.5) is 0 Å². The van der Waals surface area contributed by atoms with Crippen LogP contribution < -0.4 is 0 Å². The van der Waals surface area contributed by atoms with Crippen LogP contribution in [-0.4, -0.2) is 60.3 Å². The van der Waals surface area contributed by atoms with Crippen molar-refractivity contribution in [3.63, 3.8) is 0 Å². The van der Waals surface area contributed by atoms with Gasteiger partial charge in [0, 0.05) is 19.1 Å². The maximum Gasteiger partial charge on any atom is 0.0581 e. The zero-order valence-corrected chi connectivity index (χ0v) is 13.2. The molecule has 19 heavy (non-hydrogen) atoms. The monoisotopic (exact) mass is 268 g/mol. The molecule has 1 aliphatic carbocycles. The summed E-state index contributed by atoms with van der Waals surface area (Å²) in [6.07, 6.45) is 4.50. The van der Waals surface area contributed by atoms with Crippen molar-refractivity contribution in [1.82, 2.24) is 9.80 Å². The largest absolute Gasteiger partial charge is 0.393 e. The van der Waals surface area contributed by atoms with Crippen molar-refractivity contribution in [1.29, 1.82) is 0 Å². The molecule has 3 atom stereocenters. The topological polar surface area (TPSA) is 26.7 Å². The Morgan fingerprint density at radius 3 is 2.74 bits per heavy atom. The SMILES string of the molecule is CC1CN(C)CCCN1CC1CC(C)(C)CCC1O. The Labute approximate surface area is 119 Å². The van der Waals surface area contributed by atoms with Gasteiger partial charge in [0.05, 0.1) is 6.10 Å². The lowest BCUT2D eigenvalue weighted by atomic mass is 9.70. The van der Waals surface area contributed by atoms with E-state index in [0.29, 0.717) is 17.4 Å². The van der Waals surface area contributed by atoms with Crippen molar-refractivity contribution in [3.05, 3.63) is 0 Å². The van der Waals surface area contributed by atoms with Crippen molar-refractivity contribution in [2.24, 2.45) is 11.3 Å². The number of hydrogen-bond donors (Lipinski definition) is 1. The van der Waals surface area contributed by atoms with Crippen molar-refractivity contribution >= 4 is 0 Å². The highest BCUT2D eigenvalue weighted by atomic mass is 16.3. The molecule has 1 heterocycles. The number of nitrogens with zero attached hydrogens (tertiary/aromatic N) is 2. The van der Waals surface area contributed by atoms with E-state index < -0.39 is 0 Å². The summed E-state index contributed by atoms with van der Waals surface area (Å²) in [5.41, 5.74) is 0.412. The van der Waals surface area contributed by atoms with Gasteiger partial charge in [-0.3, -0.25) is 4.90 Å². The summed E-state index contributed by atoms with van der Waals surface area (Å²) in [4.78, 5) is 5.05. The average molecular weight is 268 g/mol. The molecule has 2 aliphatic rings. The van der Waals surface area contributed by atoms with E-state index in [0.717, 1.165) is 19.5 Å². The molecule has 3 heteroatoms. The summed E-state index contributed by atoms with van der Waals surface area (Å²) in [6, 6.07) is 0.615. The lowest BCUT2D eigenvalue weighted by Crippen LogP contribution is -2.45. The van der Waals surface area contributed by atoms with Crippen LogP contribution in [0.2, 0.25) is 0 Å². The Kier molecular flexibility index (Phi) is 4.91. The van der Waals surface area contributed by atoms with Gasteiger partial charge >= 0.3 is 0 Å². The van der Waals surface area contributed by atoms with Gasteiger partial charge in [0.25, 0.3) is 0 Å². The Balaban J connectivity index is 1.94. The van der Waals surface area contributed by atoms with Crippen LogP contribution in [0, 0.1) is 11.3 Å². The minimum Gasteiger partial charge on any atom is -0.393 e. The molecule has 0 aromatic rings. The van der Waals surface area contributed by atoms with Crippen LogP contribution in [0.1, 0.15) is 46.5 Å². The highest BCUT2D eigenvalue weighted by Gasteiger charge is 2.35. The van der Waals surface area contributed by atoms with E-state index in [-0.39, 0.29) is 6.10 Å². The normalized spacial score (nSPS) is 38.1. The van der Waals surface area contributed by atoms with Gasteiger partial charge < -0.3 is 10.0 Å². The summed E-state index contributed by atoms with van der Waals surface area (Å²) in [5.74, 6) is 0.467. The van der Waals surface area contributed by atoms with Crippen molar-refractivity contribution in [3.8, 4) is 0 Å². The summed E-state index contributed by atoms with van der Waals surface area (Å²) in [7, 11) is 2.22. The van der Waals surface area contributed by atoms with Gasteiger partial charge in [0.1, 0.15) is 0 Å². The first-order chi connectivity index (χ1) is 8.87. The molecule has 1 saturated heterocycles. The van der Waals surface area contributed by atoms with Crippen LogP contribution in [0.3, 0.4) is 0 Å². The molecule has 1 aliphatic heterocycles. The van der Waals surface area contributed by atoms with Gasteiger partial charge in [-0.2, -0.15) is 0 Å². The summed E-state index contributed by atoms with van der Waals surface area (Å²) >= 11 is 0. The summed E-state index contributed by atoms with van der Waals surface area (Å²) < 4.78 is 0. The highest BCUT2D eigenvalue weighted by molar-refractivity contribution is 4.88. The molecule has 0 radical (unpaired) electrons. The molecule has 3 unspecified atom stereocenters. The van der Waals surface area contributed by atoms with E-state index in [9.17, 15) is 5.11 Å². The average Bonchev–Trinajstić information content (AvgIpc) is 2.46. The Hall–Kier alpha value is -0.120. The maximum atomic E-state index is 10.3. The van der Waals surface area contributed by atoms with E-state index in [4.69, 9.17) is 0 Å². The number of aliphatic hydroxyl groups is 1. The second-order valence-corrected chi connectivity index (χ2v) is 7.69. The fourth-order valence-corrected chi connectivity index (χ4v) is 3.90. The molecule has 0 spiro atoms. The van der Waals surface area contributed by atoms with Gasteiger partial charge in [-0.25, -0.2) is 0 Å². The molecule has 2 fully saturated rings. The number of likely N-dealkylation sites (N-methyl/N-ethyl adjacent to an activating group) is 1. The predicted octanol–water partition coefficient (Wildman–Crippen LogP) is 2.20. The maximum absolute atomic E-state index is 10.3. The molecule has 3 nitrogen and oxygen atoms in total. The standard InChI is InChI=1S/C16H32N2O/c1-13-11-17(4)8-5-9-18(13)12-14-10-16(2,3)7-6-15(14)19/h13-15,19H,5-12H2,1-4H3. The van der Waals surface area contributed by atoms with Gasteiger partial charge in [0.2, 0.25) is 0 Å². The predicted molar refractivity (Wildman–Crippen MR) is 80.3 cm³/mol. The summed E-state index contributed by atoms with van der Waals surface area (Å²) in [6.45, 7) is 11.7. The summed E-state index contributed by atoms with van der Waals surface area (Å²) in [5, 5.41) is 10.3. The molecule has 1 saturated carbocycles. The van der Waals surface area contributed by atoms with Gasteiger partial charge in [0.15, 0.2) is 0 Å². The van der Waals surface area contributed by atoms with Crippen molar-refractivity contribution < 1.29 is 5.11 Å². The quantitative estimate of drug-likeness (QED) is 0.832. The third kappa shape index (κ3) is 4.17. The molecule has 1 N–H and O–H groups in total. The second-order valence-electron chi connectivity index (χ2n) is 7.69. The second kappa shape index (κ2) is 6.11. The fraction of sp³-hybridized carbons (Fsp3) is 1.00. The van der Waals surface area contributed by atoms with Gasteiger partial charge in [-0.05, 0) is 64.1 Å². The van der Waals surface area contributed by atoms with Gasteiger partial charge in [-0.1, -0.05) is 13.8 Å².